The minimum absolute atomic E-state index is 0.0117. The van der Waals surface area contributed by atoms with Crippen LogP contribution in [0.25, 0.3) is 0 Å². The average Bonchev–Trinajstić information content (AvgIpc) is 3.70. The van der Waals surface area contributed by atoms with E-state index in [1.54, 1.807) is 6.08 Å². The molecule has 0 atom stereocenters. The third-order valence-corrected chi connectivity index (χ3v) is 7.33. The molecule has 2 heterocycles. The quantitative estimate of drug-likeness (QED) is 0.510. The number of hydrogen-bond acceptors (Lipinski definition) is 4. The van der Waals surface area contributed by atoms with Gasteiger partial charge >= 0.3 is 6.18 Å². The van der Waals surface area contributed by atoms with Gasteiger partial charge in [-0.2, -0.15) is 13.2 Å². The minimum Gasteiger partial charge on any atom is -0.376 e. The number of rotatable bonds is 9. The van der Waals surface area contributed by atoms with Crippen LogP contribution in [0.3, 0.4) is 0 Å². The monoisotopic (exact) mass is 524 g/mol. The van der Waals surface area contributed by atoms with Gasteiger partial charge in [0.15, 0.2) is 0 Å². The molecule has 0 bridgehead atoms. The van der Waals surface area contributed by atoms with E-state index in [1.165, 1.54) is 53.3 Å². The first-order chi connectivity index (χ1) is 18.3. The summed E-state index contributed by atoms with van der Waals surface area (Å²) in [6, 6.07) is 11.3. The largest absolute Gasteiger partial charge is 0.416 e. The van der Waals surface area contributed by atoms with Crippen molar-refractivity contribution < 1.29 is 22.8 Å². The topological polar surface area (TPSA) is 65.0 Å². The van der Waals surface area contributed by atoms with E-state index >= 15 is 0 Å². The molecule has 9 heteroatoms. The minimum atomic E-state index is -4.53. The van der Waals surface area contributed by atoms with Gasteiger partial charge in [0.1, 0.15) is 0 Å². The van der Waals surface area contributed by atoms with Crippen LogP contribution in [0, 0.1) is 5.92 Å². The molecule has 0 saturated heterocycles. The second-order valence-electron chi connectivity index (χ2n) is 10.3. The summed E-state index contributed by atoms with van der Waals surface area (Å²) < 4.78 is 40.9. The molecular weight excluding hydrogens is 493 g/mol. The SMILES string of the molecule is O=C1CC(CN(Cc2ccccc2C(F)(F)F)C(=O)CNc2cccc3c2CCN(CC2CC2)C3)=CC=N1. The number of allylic oxidation sites excluding steroid dienone is 1. The predicted octanol–water partition coefficient (Wildman–Crippen LogP) is 4.84. The summed E-state index contributed by atoms with van der Waals surface area (Å²) in [4.78, 5) is 32.8. The summed E-state index contributed by atoms with van der Waals surface area (Å²) in [5, 5.41) is 3.25. The van der Waals surface area contributed by atoms with Crippen molar-refractivity contribution in [2.45, 2.75) is 44.9 Å². The molecular formula is C29H31F3N4O2. The van der Waals surface area contributed by atoms with Gasteiger partial charge in [-0.3, -0.25) is 14.5 Å². The summed E-state index contributed by atoms with van der Waals surface area (Å²) in [5.41, 5.74) is 3.20. The molecule has 6 nitrogen and oxygen atoms in total. The number of halogens is 3. The summed E-state index contributed by atoms with van der Waals surface area (Å²) in [7, 11) is 0. The van der Waals surface area contributed by atoms with Crippen LogP contribution in [0.4, 0.5) is 18.9 Å². The van der Waals surface area contributed by atoms with E-state index < -0.39 is 11.7 Å². The van der Waals surface area contributed by atoms with Crippen molar-refractivity contribution in [1.82, 2.24) is 9.80 Å². The molecule has 5 rings (SSSR count). The highest BCUT2D eigenvalue weighted by atomic mass is 19.4. The number of aliphatic imine (C=N–C) groups is 1. The number of anilines is 1. The van der Waals surface area contributed by atoms with Crippen LogP contribution >= 0.6 is 0 Å². The Morgan fingerprint density at radius 1 is 1.11 bits per heavy atom. The van der Waals surface area contributed by atoms with Gasteiger partial charge in [-0.15, -0.1) is 0 Å². The Hall–Kier alpha value is -3.46. The summed E-state index contributed by atoms with van der Waals surface area (Å²) >= 11 is 0. The number of carbonyl (C=O) groups is 2. The van der Waals surface area contributed by atoms with E-state index in [9.17, 15) is 22.8 Å². The Kier molecular flexibility index (Phi) is 7.65. The zero-order valence-corrected chi connectivity index (χ0v) is 21.1. The predicted molar refractivity (Wildman–Crippen MR) is 140 cm³/mol. The van der Waals surface area contributed by atoms with Crippen LogP contribution in [-0.4, -0.2) is 54.0 Å². The van der Waals surface area contributed by atoms with Crippen molar-refractivity contribution in [3.8, 4) is 0 Å². The lowest BCUT2D eigenvalue weighted by molar-refractivity contribution is -0.139. The van der Waals surface area contributed by atoms with E-state index in [0.717, 1.165) is 43.7 Å². The number of nitrogens with zero attached hydrogens (tertiary/aromatic N) is 3. The lowest BCUT2D eigenvalue weighted by Crippen LogP contribution is -2.38. The summed E-state index contributed by atoms with van der Waals surface area (Å²) in [6.45, 7) is 2.76. The third kappa shape index (κ3) is 6.51. The molecule has 1 saturated carbocycles. The van der Waals surface area contributed by atoms with Crippen molar-refractivity contribution in [2.75, 3.05) is 31.5 Å². The average molecular weight is 525 g/mol. The highest BCUT2D eigenvalue weighted by Gasteiger charge is 2.34. The van der Waals surface area contributed by atoms with Crippen molar-refractivity contribution in [3.63, 3.8) is 0 Å². The Morgan fingerprint density at radius 3 is 2.68 bits per heavy atom. The molecule has 38 heavy (non-hydrogen) atoms. The molecule has 2 aromatic rings. The standard InChI is InChI=1S/C29H31F3N4O2/c30-29(31,32)25-6-2-1-4-23(25)19-36(17-21-10-12-33-27(37)14-21)28(38)15-34-26-7-3-5-22-18-35(13-11-24(22)26)16-20-8-9-20/h1-7,10,12,20,34H,8-9,11,13-19H2. The normalized spacial score (nSPS) is 17.7. The first-order valence-corrected chi connectivity index (χ1v) is 13.0. The molecule has 2 aliphatic heterocycles. The Labute approximate surface area is 220 Å². The lowest BCUT2D eigenvalue weighted by Gasteiger charge is -2.30. The summed E-state index contributed by atoms with van der Waals surface area (Å²) in [5.74, 6) is 0.141. The second kappa shape index (κ2) is 11.1. The van der Waals surface area contributed by atoms with Crippen molar-refractivity contribution in [2.24, 2.45) is 10.9 Å². The second-order valence-corrected chi connectivity index (χ2v) is 10.3. The van der Waals surface area contributed by atoms with Crippen LogP contribution in [0.1, 0.15) is 41.5 Å². The number of amides is 2. The van der Waals surface area contributed by atoms with E-state index in [1.807, 2.05) is 12.1 Å². The van der Waals surface area contributed by atoms with Gasteiger partial charge in [0.2, 0.25) is 11.8 Å². The number of fused-ring (bicyclic) bond motifs is 1. The molecule has 2 amide bonds. The molecule has 0 unspecified atom stereocenters. The zero-order valence-electron chi connectivity index (χ0n) is 21.1. The van der Waals surface area contributed by atoms with Gasteiger partial charge in [-0.25, -0.2) is 4.99 Å². The Balaban J connectivity index is 1.31. The fraction of sp³-hybridized carbons (Fsp3) is 0.414. The maximum Gasteiger partial charge on any atom is 0.416 e. The number of alkyl halides is 3. The molecule has 1 N–H and O–H groups in total. The number of benzene rings is 2. The van der Waals surface area contributed by atoms with Gasteiger partial charge in [-0.1, -0.05) is 30.3 Å². The first kappa shape index (κ1) is 26.2. The van der Waals surface area contributed by atoms with Crippen LogP contribution in [0.2, 0.25) is 0 Å². The number of hydrogen-bond donors (Lipinski definition) is 1. The maximum absolute atomic E-state index is 13.6. The number of carbonyl (C=O) groups excluding carboxylic acids is 2. The van der Waals surface area contributed by atoms with E-state index in [0.29, 0.717) is 5.57 Å². The molecule has 3 aliphatic rings. The van der Waals surface area contributed by atoms with Crippen molar-refractivity contribution in [3.05, 3.63) is 76.4 Å². The van der Waals surface area contributed by atoms with Crippen LogP contribution in [0.5, 0.6) is 0 Å². The molecule has 0 aromatic heterocycles. The number of dihydropyridines is 1. The fourth-order valence-electron chi connectivity index (χ4n) is 5.19. The summed E-state index contributed by atoms with van der Waals surface area (Å²) in [6.07, 6.45) is 2.03. The van der Waals surface area contributed by atoms with Crippen molar-refractivity contribution in [1.29, 1.82) is 0 Å². The molecule has 2 aromatic carbocycles. The molecule has 0 radical (unpaired) electrons. The van der Waals surface area contributed by atoms with Gasteiger partial charge in [0, 0.05) is 44.6 Å². The van der Waals surface area contributed by atoms with Gasteiger partial charge in [0.25, 0.3) is 0 Å². The van der Waals surface area contributed by atoms with Crippen LogP contribution in [0.15, 0.2) is 59.1 Å². The zero-order chi connectivity index (χ0) is 26.7. The van der Waals surface area contributed by atoms with E-state index in [4.69, 9.17) is 0 Å². The van der Waals surface area contributed by atoms with Gasteiger partial charge < -0.3 is 10.2 Å². The van der Waals surface area contributed by atoms with Crippen LogP contribution in [-0.2, 0) is 35.3 Å². The first-order valence-electron chi connectivity index (χ1n) is 13.0. The highest BCUT2D eigenvalue weighted by Crippen LogP contribution is 2.34. The van der Waals surface area contributed by atoms with E-state index in [-0.39, 0.29) is 43.4 Å². The van der Waals surface area contributed by atoms with Crippen LogP contribution < -0.4 is 5.32 Å². The Morgan fingerprint density at radius 2 is 1.92 bits per heavy atom. The highest BCUT2D eigenvalue weighted by molar-refractivity contribution is 5.94. The molecule has 0 spiro atoms. The maximum atomic E-state index is 13.6. The third-order valence-electron chi connectivity index (χ3n) is 7.33. The molecule has 1 aliphatic carbocycles. The molecule has 200 valence electrons. The van der Waals surface area contributed by atoms with Gasteiger partial charge in [0.05, 0.1) is 18.5 Å². The fourth-order valence-corrected chi connectivity index (χ4v) is 5.19. The number of nitrogens with one attached hydrogen (secondary N) is 1. The molecule has 1 fully saturated rings. The Bertz CT molecular complexity index is 1270. The van der Waals surface area contributed by atoms with Gasteiger partial charge in [-0.05, 0) is 65.7 Å². The van der Waals surface area contributed by atoms with Crippen molar-refractivity contribution >= 4 is 23.7 Å². The smallest absolute Gasteiger partial charge is 0.376 e. The van der Waals surface area contributed by atoms with E-state index in [2.05, 4.69) is 21.3 Å². The lowest BCUT2D eigenvalue weighted by atomic mass is 9.97.